The van der Waals surface area contributed by atoms with Crippen molar-refractivity contribution >= 4 is 23.5 Å². The molecule has 3 aromatic carbocycles. The highest BCUT2D eigenvalue weighted by molar-refractivity contribution is 7.99. The molecule has 3 heterocycles. The fourth-order valence-corrected chi connectivity index (χ4v) is 5.03. The molecule has 2 aliphatic heterocycles. The largest absolute Gasteiger partial charge is 0.454 e. The Kier molecular flexibility index (Phi) is 6.87. The Balaban J connectivity index is 1.12. The quantitative estimate of drug-likeness (QED) is 0.107. The maximum absolute atomic E-state index is 12.9. The summed E-state index contributed by atoms with van der Waals surface area (Å²) in [6.45, 7) is 2.14. The van der Waals surface area contributed by atoms with Gasteiger partial charge in [0.15, 0.2) is 33.9 Å². The summed E-state index contributed by atoms with van der Waals surface area (Å²) in [6, 6.07) is 16.5. The minimum absolute atomic E-state index is 0.0469. The van der Waals surface area contributed by atoms with Gasteiger partial charge in [0.1, 0.15) is 5.75 Å². The van der Waals surface area contributed by atoms with Gasteiger partial charge in [-0.15, -0.1) is 0 Å². The second-order valence-corrected chi connectivity index (χ2v) is 9.78. The number of aromatic amines is 1. The molecule has 1 N–H and O–H groups in total. The van der Waals surface area contributed by atoms with E-state index in [9.17, 15) is 14.4 Å². The molecule has 2 aliphatic rings. The van der Waals surface area contributed by atoms with Gasteiger partial charge in [0.05, 0.1) is 17.0 Å². The van der Waals surface area contributed by atoms with E-state index in [4.69, 9.17) is 23.7 Å². The summed E-state index contributed by atoms with van der Waals surface area (Å²) < 4.78 is 26.8. The third-order valence-corrected chi connectivity index (χ3v) is 7.20. The zero-order valence-corrected chi connectivity index (χ0v) is 22.0. The minimum Gasteiger partial charge on any atom is -0.454 e. The number of esters is 1. The van der Waals surface area contributed by atoms with Crippen LogP contribution in [-0.4, -0.2) is 41.1 Å². The Morgan fingerprint density at radius 1 is 0.875 bits per heavy atom. The molecule has 0 spiro atoms. The fourth-order valence-electron chi connectivity index (χ4n) is 4.27. The summed E-state index contributed by atoms with van der Waals surface area (Å²) in [7, 11) is 0. The van der Waals surface area contributed by atoms with E-state index in [1.807, 2.05) is 13.0 Å². The second-order valence-electron chi connectivity index (χ2n) is 8.81. The highest BCUT2D eigenvalue weighted by Gasteiger charge is 2.20. The van der Waals surface area contributed by atoms with Crippen molar-refractivity contribution < 1.29 is 33.3 Å². The molecule has 202 valence electrons. The third-order valence-electron chi connectivity index (χ3n) is 6.33. The summed E-state index contributed by atoms with van der Waals surface area (Å²) in [5.74, 6) is 1.89. The van der Waals surface area contributed by atoms with E-state index in [1.54, 1.807) is 54.6 Å². The van der Waals surface area contributed by atoms with Gasteiger partial charge in [-0.1, -0.05) is 18.7 Å². The number of ether oxygens (including phenoxy) is 5. The van der Waals surface area contributed by atoms with E-state index in [-0.39, 0.29) is 30.7 Å². The smallest absolute Gasteiger partial charge is 0.343 e. The highest BCUT2D eigenvalue weighted by Crippen LogP contribution is 2.36. The summed E-state index contributed by atoms with van der Waals surface area (Å²) >= 11 is 1.13. The van der Waals surface area contributed by atoms with Gasteiger partial charge < -0.3 is 28.7 Å². The number of H-pyrrole nitrogens is 1. The number of hydrogen-bond acceptors (Lipinski definition) is 10. The molecule has 11 heteroatoms. The molecule has 10 nitrogen and oxygen atoms in total. The number of hydrogen-bond donors (Lipinski definition) is 1. The molecular formula is C29H22N2O8S. The molecule has 1 aromatic heterocycles. The lowest BCUT2D eigenvalue weighted by molar-refractivity contribution is 0.0734. The van der Waals surface area contributed by atoms with Crippen LogP contribution in [0.15, 0.2) is 70.6 Å². The van der Waals surface area contributed by atoms with E-state index in [0.29, 0.717) is 62.7 Å². The van der Waals surface area contributed by atoms with Gasteiger partial charge >= 0.3 is 5.97 Å². The van der Waals surface area contributed by atoms with Gasteiger partial charge in [0.2, 0.25) is 13.6 Å². The normalized spacial score (nSPS) is 12.8. The number of nitrogens with zero attached hydrogens (tertiary/aromatic N) is 1. The number of carbonyl (C=O) groups is 2. The first-order valence-electron chi connectivity index (χ1n) is 12.4. The Hall–Kier alpha value is -4.77. The molecule has 0 amide bonds. The lowest BCUT2D eigenvalue weighted by atomic mass is 10.0. The summed E-state index contributed by atoms with van der Waals surface area (Å²) in [5, 5.41) is 0.331. The van der Waals surface area contributed by atoms with E-state index >= 15 is 0 Å². The van der Waals surface area contributed by atoms with Crippen molar-refractivity contribution in [1.29, 1.82) is 0 Å². The zero-order valence-electron chi connectivity index (χ0n) is 21.2. The van der Waals surface area contributed by atoms with E-state index < -0.39 is 5.97 Å². The highest BCUT2D eigenvalue weighted by atomic mass is 32.2. The predicted octanol–water partition coefficient (Wildman–Crippen LogP) is 4.65. The lowest BCUT2D eigenvalue weighted by Crippen LogP contribution is -2.17. The van der Waals surface area contributed by atoms with Gasteiger partial charge in [-0.25, -0.2) is 9.78 Å². The molecule has 0 radical (unpaired) electrons. The SMILES string of the molecule is CCc1c(-c2ccc3c(c2)OCO3)nc(SCC(=O)c2ccc(OC(=O)c3ccc4c(c3)OCO4)cc2)[nH]c1=O. The maximum atomic E-state index is 12.9. The molecule has 6 rings (SSSR count). The molecule has 0 saturated carbocycles. The predicted molar refractivity (Wildman–Crippen MR) is 145 cm³/mol. The molecule has 40 heavy (non-hydrogen) atoms. The van der Waals surface area contributed by atoms with Crippen molar-refractivity contribution in [3.63, 3.8) is 0 Å². The molecule has 0 aliphatic carbocycles. The van der Waals surface area contributed by atoms with Crippen LogP contribution in [0.5, 0.6) is 28.7 Å². The number of Topliss-reactive ketones (excluding diaryl/α,β-unsaturated/α-hetero) is 1. The molecule has 0 saturated heterocycles. The fraction of sp³-hybridized carbons (Fsp3) is 0.172. The van der Waals surface area contributed by atoms with Gasteiger partial charge in [-0.05, 0) is 67.1 Å². The molecule has 0 unspecified atom stereocenters. The first kappa shape index (κ1) is 25.5. The van der Waals surface area contributed by atoms with Gasteiger partial charge in [-0.2, -0.15) is 0 Å². The van der Waals surface area contributed by atoms with Crippen LogP contribution in [0, 0.1) is 0 Å². The summed E-state index contributed by atoms with van der Waals surface area (Å²) in [6.07, 6.45) is 0.488. The number of fused-ring (bicyclic) bond motifs is 2. The monoisotopic (exact) mass is 558 g/mol. The lowest BCUT2D eigenvalue weighted by Gasteiger charge is -2.10. The Bertz CT molecular complexity index is 1680. The number of rotatable bonds is 8. The van der Waals surface area contributed by atoms with Gasteiger partial charge in [-0.3, -0.25) is 9.59 Å². The van der Waals surface area contributed by atoms with Crippen LogP contribution >= 0.6 is 11.8 Å². The van der Waals surface area contributed by atoms with Crippen LogP contribution in [0.25, 0.3) is 11.3 Å². The Labute approximate surface area is 232 Å². The Morgan fingerprint density at radius 2 is 1.52 bits per heavy atom. The summed E-state index contributed by atoms with van der Waals surface area (Å²) in [5.41, 5.74) is 2.30. The van der Waals surface area contributed by atoms with E-state index in [0.717, 1.165) is 17.3 Å². The Morgan fingerprint density at radius 3 is 2.25 bits per heavy atom. The van der Waals surface area contributed by atoms with Crippen LogP contribution in [0.3, 0.4) is 0 Å². The average molecular weight is 559 g/mol. The molecule has 4 aromatic rings. The van der Waals surface area contributed by atoms with Gasteiger partial charge in [0, 0.05) is 16.7 Å². The van der Waals surface area contributed by atoms with Crippen molar-refractivity contribution in [3.8, 4) is 40.0 Å². The van der Waals surface area contributed by atoms with Crippen LogP contribution in [0.4, 0.5) is 0 Å². The number of benzene rings is 3. The molecule has 0 bridgehead atoms. The summed E-state index contributed by atoms with van der Waals surface area (Å²) in [4.78, 5) is 45.6. The van der Waals surface area contributed by atoms with Gasteiger partial charge in [0.25, 0.3) is 5.56 Å². The van der Waals surface area contributed by atoms with Crippen molar-refractivity contribution in [2.75, 3.05) is 19.3 Å². The molecule has 0 atom stereocenters. The van der Waals surface area contributed by atoms with Crippen molar-refractivity contribution in [2.24, 2.45) is 0 Å². The molecular weight excluding hydrogens is 536 g/mol. The van der Waals surface area contributed by atoms with Crippen molar-refractivity contribution in [1.82, 2.24) is 9.97 Å². The number of thioether (sulfide) groups is 1. The number of ketones is 1. The minimum atomic E-state index is -0.559. The zero-order chi connectivity index (χ0) is 27.6. The first-order chi connectivity index (χ1) is 19.5. The van der Waals surface area contributed by atoms with Crippen molar-refractivity contribution in [2.45, 2.75) is 18.5 Å². The average Bonchev–Trinajstić information content (AvgIpc) is 3.64. The van der Waals surface area contributed by atoms with E-state index in [1.165, 1.54) is 0 Å². The van der Waals surface area contributed by atoms with Crippen LogP contribution in [0.2, 0.25) is 0 Å². The van der Waals surface area contributed by atoms with Crippen LogP contribution in [0.1, 0.15) is 33.2 Å². The number of carbonyl (C=O) groups excluding carboxylic acids is 2. The topological polar surface area (TPSA) is 126 Å². The van der Waals surface area contributed by atoms with E-state index in [2.05, 4.69) is 9.97 Å². The molecule has 0 fully saturated rings. The standard InChI is InChI=1S/C29H22N2O8S/c1-2-20-26(17-5-9-22-24(11-17)37-14-35-22)30-29(31-27(20)33)40-13-21(32)16-3-7-19(8-4-16)39-28(34)18-6-10-23-25(12-18)38-15-36-23/h3-12H,2,13-15H2,1H3,(H,30,31,33). The van der Waals surface area contributed by atoms with Crippen molar-refractivity contribution in [3.05, 3.63) is 87.7 Å². The van der Waals surface area contributed by atoms with Crippen LogP contribution in [-0.2, 0) is 6.42 Å². The maximum Gasteiger partial charge on any atom is 0.343 e. The van der Waals surface area contributed by atoms with Crippen LogP contribution < -0.4 is 29.2 Å². The third kappa shape index (κ3) is 5.10. The first-order valence-corrected chi connectivity index (χ1v) is 13.4. The number of aromatic nitrogens is 2. The second kappa shape index (κ2) is 10.8. The number of nitrogens with one attached hydrogen (secondary N) is 1.